The summed E-state index contributed by atoms with van der Waals surface area (Å²) < 4.78 is 0. The third-order valence-corrected chi connectivity index (χ3v) is 5.38. The molecule has 2 aliphatic rings. The minimum Gasteiger partial charge on any atom is -0.480 e. The average molecular weight is 353 g/mol. The molecule has 2 unspecified atom stereocenters. The molecule has 0 aliphatic carbocycles. The van der Waals surface area contributed by atoms with Crippen LogP contribution in [0, 0.1) is 5.92 Å². The maximum absolute atomic E-state index is 12.4. The van der Waals surface area contributed by atoms with Gasteiger partial charge in [-0.2, -0.15) is 0 Å². The summed E-state index contributed by atoms with van der Waals surface area (Å²) in [6.07, 6.45) is 4.49. The number of rotatable bonds is 9. The van der Waals surface area contributed by atoms with Gasteiger partial charge >= 0.3 is 5.97 Å². The summed E-state index contributed by atoms with van der Waals surface area (Å²) in [4.78, 5) is 40.1. The highest BCUT2D eigenvalue weighted by molar-refractivity contribution is 5.91. The van der Waals surface area contributed by atoms with Crippen molar-refractivity contribution in [3.63, 3.8) is 0 Å². The van der Waals surface area contributed by atoms with Crippen molar-refractivity contribution in [2.75, 3.05) is 26.2 Å². The second kappa shape index (κ2) is 9.17. The minimum absolute atomic E-state index is 0.00327. The normalized spacial score (nSPS) is 25.4. The first-order valence-corrected chi connectivity index (χ1v) is 9.51. The Morgan fingerprint density at radius 1 is 1.36 bits per heavy atom. The molecule has 0 aromatic heterocycles. The lowest BCUT2D eigenvalue weighted by Crippen LogP contribution is -2.45. The van der Waals surface area contributed by atoms with Crippen LogP contribution in [0.5, 0.6) is 0 Å². The Balaban J connectivity index is 1.87. The highest BCUT2D eigenvalue weighted by Crippen LogP contribution is 2.23. The van der Waals surface area contributed by atoms with Gasteiger partial charge in [0.25, 0.3) is 0 Å². The van der Waals surface area contributed by atoms with E-state index in [0.29, 0.717) is 25.6 Å². The molecule has 0 aromatic rings. The summed E-state index contributed by atoms with van der Waals surface area (Å²) in [5.41, 5.74) is 0. The van der Waals surface area contributed by atoms with Crippen molar-refractivity contribution in [1.29, 1.82) is 0 Å². The molecular formula is C18H31N3O4. The maximum atomic E-state index is 12.4. The van der Waals surface area contributed by atoms with Gasteiger partial charge in [0.05, 0.1) is 5.92 Å². The predicted molar refractivity (Wildman–Crippen MR) is 94.0 cm³/mol. The first-order valence-electron chi connectivity index (χ1n) is 9.51. The quantitative estimate of drug-likeness (QED) is 0.647. The minimum atomic E-state index is -1.01. The third kappa shape index (κ3) is 5.17. The lowest BCUT2D eigenvalue weighted by atomic mass is 10.1. The number of nitrogens with zero attached hydrogens (tertiary/aromatic N) is 2. The van der Waals surface area contributed by atoms with E-state index in [1.54, 1.807) is 4.90 Å². The number of nitrogens with one attached hydrogen (secondary N) is 1. The first-order chi connectivity index (χ1) is 12.0. The van der Waals surface area contributed by atoms with Crippen LogP contribution >= 0.6 is 0 Å². The van der Waals surface area contributed by atoms with Crippen molar-refractivity contribution >= 4 is 17.8 Å². The van der Waals surface area contributed by atoms with Gasteiger partial charge in [-0.3, -0.25) is 14.5 Å². The van der Waals surface area contributed by atoms with Crippen LogP contribution in [-0.4, -0.2) is 71.0 Å². The van der Waals surface area contributed by atoms with Crippen molar-refractivity contribution in [3.05, 3.63) is 0 Å². The van der Waals surface area contributed by atoms with Crippen molar-refractivity contribution in [2.24, 2.45) is 5.92 Å². The molecule has 2 heterocycles. The van der Waals surface area contributed by atoms with Crippen molar-refractivity contribution in [2.45, 2.75) is 64.5 Å². The molecule has 2 N–H and O–H groups in total. The van der Waals surface area contributed by atoms with E-state index >= 15 is 0 Å². The van der Waals surface area contributed by atoms with Gasteiger partial charge in [-0.1, -0.05) is 26.7 Å². The van der Waals surface area contributed by atoms with E-state index in [-0.39, 0.29) is 18.2 Å². The average Bonchev–Trinajstić information content (AvgIpc) is 3.18. The molecule has 2 saturated heterocycles. The Bertz CT molecular complexity index is 497. The van der Waals surface area contributed by atoms with E-state index in [2.05, 4.69) is 17.1 Å². The number of amides is 2. The molecule has 0 radical (unpaired) electrons. The van der Waals surface area contributed by atoms with E-state index < -0.39 is 17.9 Å². The van der Waals surface area contributed by atoms with Gasteiger partial charge < -0.3 is 15.3 Å². The standard InChI is InChI=1S/C18H31N3O4/c1-3-5-8-15(18(24)25)19-17(23)13-10-16(22)21(11-13)12-14-7-6-9-20(14)4-2/h13-15H,3-12H2,1-2H3,(H,19,23)(H,24,25)/t13?,14?,15-/m0/s1. The zero-order valence-corrected chi connectivity index (χ0v) is 15.4. The Morgan fingerprint density at radius 2 is 2.12 bits per heavy atom. The predicted octanol–water partition coefficient (Wildman–Crippen LogP) is 1.08. The molecule has 25 heavy (non-hydrogen) atoms. The monoisotopic (exact) mass is 353 g/mol. The number of unbranched alkanes of at least 4 members (excludes halogenated alkanes) is 1. The number of carbonyl (C=O) groups is 3. The Labute approximate surface area is 149 Å². The molecule has 142 valence electrons. The summed E-state index contributed by atoms with van der Waals surface area (Å²) >= 11 is 0. The fraction of sp³-hybridized carbons (Fsp3) is 0.833. The number of likely N-dealkylation sites (tertiary alicyclic amines) is 2. The van der Waals surface area contributed by atoms with Gasteiger partial charge in [0, 0.05) is 25.6 Å². The highest BCUT2D eigenvalue weighted by atomic mass is 16.4. The molecule has 0 aromatic carbocycles. The molecular weight excluding hydrogens is 322 g/mol. The second-order valence-corrected chi connectivity index (χ2v) is 7.17. The Hall–Kier alpha value is -1.63. The molecule has 2 fully saturated rings. The number of carbonyl (C=O) groups excluding carboxylic acids is 2. The van der Waals surface area contributed by atoms with Crippen molar-refractivity contribution in [3.8, 4) is 0 Å². The largest absolute Gasteiger partial charge is 0.480 e. The maximum Gasteiger partial charge on any atom is 0.326 e. The number of carboxylic acid groups (broad SMARTS) is 1. The van der Waals surface area contributed by atoms with Gasteiger partial charge in [-0.15, -0.1) is 0 Å². The van der Waals surface area contributed by atoms with E-state index in [4.69, 9.17) is 0 Å². The molecule has 0 saturated carbocycles. The second-order valence-electron chi connectivity index (χ2n) is 7.17. The summed E-state index contributed by atoms with van der Waals surface area (Å²) in [7, 11) is 0. The van der Waals surface area contributed by atoms with Crippen molar-refractivity contribution < 1.29 is 19.5 Å². The number of hydrogen-bond donors (Lipinski definition) is 2. The fourth-order valence-electron chi connectivity index (χ4n) is 3.85. The van der Waals surface area contributed by atoms with Crippen LogP contribution in [0.25, 0.3) is 0 Å². The molecule has 3 atom stereocenters. The molecule has 2 rings (SSSR count). The van der Waals surface area contributed by atoms with Crippen LogP contribution in [0.1, 0.15) is 52.4 Å². The topological polar surface area (TPSA) is 90.0 Å². The number of likely N-dealkylation sites (N-methyl/N-ethyl adjacent to an activating group) is 1. The number of hydrogen-bond acceptors (Lipinski definition) is 4. The molecule has 0 bridgehead atoms. The summed E-state index contributed by atoms with van der Waals surface area (Å²) in [6.45, 7) is 7.24. The fourth-order valence-corrected chi connectivity index (χ4v) is 3.85. The van der Waals surface area contributed by atoms with Crippen molar-refractivity contribution in [1.82, 2.24) is 15.1 Å². The van der Waals surface area contributed by atoms with Crippen LogP contribution in [0.2, 0.25) is 0 Å². The van der Waals surface area contributed by atoms with E-state index in [0.717, 1.165) is 38.8 Å². The van der Waals surface area contributed by atoms with Crippen LogP contribution in [0.4, 0.5) is 0 Å². The third-order valence-electron chi connectivity index (χ3n) is 5.38. The molecule has 7 heteroatoms. The van der Waals surface area contributed by atoms with Crippen LogP contribution in [0.3, 0.4) is 0 Å². The lowest BCUT2D eigenvalue weighted by Gasteiger charge is -2.27. The summed E-state index contributed by atoms with van der Waals surface area (Å²) in [5.74, 6) is -1.75. The highest BCUT2D eigenvalue weighted by Gasteiger charge is 2.37. The first kappa shape index (κ1) is 19.7. The molecule has 7 nitrogen and oxygen atoms in total. The lowest BCUT2D eigenvalue weighted by molar-refractivity contribution is -0.142. The van der Waals surface area contributed by atoms with Gasteiger partial charge in [-0.25, -0.2) is 4.79 Å². The molecule has 2 aliphatic heterocycles. The number of aliphatic carboxylic acids is 1. The van der Waals surface area contributed by atoms with Gasteiger partial charge in [0.1, 0.15) is 6.04 Å². The Morgan fingerprint density at radius 3 is 2.76 bits per heavy atom. The van der Waals surface area contributed by atoms with Gasteiger partial charge in [0.15, 0.2) is 0 Å². The Kier molecular flexibility index (Phi) is 7.23. The SMILES string of the molecule is CCCC[C@H](NC(=O)C1CC(=O)N(CC2CCCN2CC)C1)C(=O)O. The van der Waals surface area contributed by atoms with Crippen LogP contribution in [-0.2, 0) is 14.4 Å². The summed E-state index contributed by atoms with van der Waals surface area (Å²) in [6, 6.07) is -0.478. The zero-order valence-electron chi connectivity index (χ0n) is 15.4. The van der Waals surface area contributed by atoms with Gasteiger partial charge in [-0.05, 0) is 32.4 Å². The smallest absolute Gasteiger partial charge is 0.326 e. The van der Waals surface area contributed by atoms with E-state index in [9.17, 15) is 19.5 Å². The van der Waals surface area contributed by atoms with E-state index in [1.165, 1.54) is 0 Å². The van der Waals surface area contributed by atoms with Gasteiger partial charge in [0.2, 0.25) is 11.8 Å². The van der Waals surface area contributed by atoms with E-state index in [1.807, 2.05) is 6.92 Å². The van der Waals surface area contributed by atoms with Crippen LogP contribution in [0.15, 0.2) is 0 Å². The zero-order chi connectivity index (χ0) is 18.4. The molecule has 2 amide bonds. The van der Waals surface area contributed by atoms with Crippen LogP contribution < -0.4 is 5.32 Å². The molecule has 0 spiro atoms. The number of carboxylic acids is 1. The summed E-state index contributed by atoms with van der Waals surface area (Å²) in [5, 5.41) is 11.9.